The molecule has 0 aromatic heterocycles. The van der Waals surface area contributed by atoms with Crippen LogP contribution in [0, 0.1) is 0 Å². The second kappa shape index (κ2) is 7.27. The van der Waals surface area contributed by atoms with Crippen LogP contribution in [0.25, 0.3) is 0 Å². The van der Waals surface area contributed by atoms with E-state index in [4.69, 9.17) is 21.1 Å². The molecule has 0 saturated carbocycles. The summed E-state index contributed by atoms with van der Waals surface area (Å²) in [7, 11) is 0. The van der Waals surface area contributed by atoms with Crippen molar-refractivity contribution in [3.63, 3.8) is 0 Å². The predicted molar refractivity (Wildman–Crippen MR) is 91.3 cm³/mol. The number of nitrogens with one attached hydrogen (secondary N) is 1. The molecular weight excluding hydrogens is 318 g/mol. The van der Waals surface area contributed by atoms with Crippen LogP contribution in [0.2, 0.25) is 5.02 Å². The summed E-state index contributed by atoms with van der Waals surface area (Å²) in [6.07, 6.45) is 2.26. The zero-order valence-electron chi connectivity index (χ0n) is 12.3. The maximum Gasteiger partial charge on any atom is 0.163 e. The van der Waals surface area contributed by atoms with E-state index >= 15 is 0 Å². The molecule has 0 spiro atoms. The molecule has 3 rings (SSSR count). The highest BCUT2D eigenvalue weighted by molar-refractivity contribution is 7.98. The van der Waals surface area contributed by atoms with Gasteiger partial charge < -0.3 is 14.8 Å². The smallest absolute Gasteiger partial charge is 0.163 e. The van der Waals surface area contributed by atoms with Gasteiger partial charge in [-0.05, 0) is 36.1 Å². The first-order valence-corrected chi connectivity index (χ1v) is 8.77. The zero-order chi connectivity index (χ0) is 15.4. The third-order valence-electron chi connectivity index (χ3n) is 3.47. The van der Waals surface area contributed by atoms with Gasteiger partial charge in [-0.15, -0.1) is 11.8 Å². The van der Waals surface area contributed by atoms with Crippen molar-refractivity contribution < 1.29 is 9.47 Å². The number of thioether (sulfide) groups is 1. The average Bonchev–Trinajstić information content (AvgIpc) is 2.50. The summed E-state index contributed by atoms with van der Waals surface area (Å²) in [6, 6.07) is 13.8. The van der Waals surface area contributed by atoms with E-state index in [2.05, 4.69) is 29.8 Å². The van der Waals surface area contributed by atoms with E-state index in [-0.39, 0.29) is 6.10 Å². The Morgan fingerprint density at radius 1 is 1.18 bits per heavy atom. The molecule has 3 nitrogen and oxygen atoms in total. The summed E-state index contributed by atoms with van der Waals surface area (Å²) in [6.45, 7) is 2.23. The first-order valence-electron chi connectivity index (χ1n) is 7.17. The summed E-state index contributed by atoms with van der Waals surface area (Å²) in [5.41, 5.74) is 1.14. The molecule has 5 heteroatoms. The van der Waals surface area contributed by atoms with Crippen molar-refractivity contribution in [3.05, 3.63) is 53.1 Å². The van der Waals surface area contributed by atoms with Crippen molar-refractivity contribution in [3.8, 4) is 11.5 Å². The minimum absolute atomic E-state index is 0.195. The zero-order valence-corrected chi connectivity index (χ0v) is 13.9. The van der Waals surface area contributed by atoms with E-state index in [9.17, 15) is 0 Å². The summed E-state index contributed by atoms with van der Waals surface area (Å²) in [4.78, 5) is 1.23. The van der Waals surface area contributed by atoms with Gasteiger partial charge in [0.25, 0.3) is 0 Å². The maximum absolute atomic E-state index is 6.06. The fraction of sp³-hybridized carbons (Fsp3) is 0.294. The van der Waals surface area contributed by atoms with Crippen molar-refractivity contribution in [1.82, 2.24) is 5.32 Å². The third kappa shape index (κ3) is 3.88. The highest BCUT2D eigenvalue weighted by Gasteiger charge is 2.20. The van der Waals surface area contributed by atoms with E-state index < -0.39 is 0 Å². The minimum Gasteiger partial charge on any atom is -0.485 e. The van der Waals surface area contributed by atoms with Crippen LogP contribution >= 0.6 is 23.4 Å². The Kier molecular flexibility index (Phi) is 5.13. The summed E-state index contributed by atoms with van der Waals surface area (Å²) >= 11 is 7.79. The van der Waals surface area contributed by atoms with Crippen LogP contribution in [-0.4, -0.2) is 25.4 Å². The molecule has 0 aliphatic carbocycles. The minimum atomic E-state index is 0.195. The van der Waals surface area contributed by atoms with Gasteiger partial charge in [-0.1, -0.05) is 23.7 Å². The van der Waals surface area contributed by atoms with Gasteiger partial charge in [0.1, 0.15) is 12.7 Å². The van der Waals surface area contributed by atoms with Crippen molar-refractivity contribution in [2.24, 2.45) is 0 Å². The Morgan fingerprint density at radius 3 is 2.77 bits per heavy atom. The van der Waals surface area contributed by atoms with Crippen LogP contribution in [0.1, 0.15) is 5.56 Å². The fourth-order valence-electron chi connectivity index (χ4n) is 2.14. The van der Waals surface area contributed by atoms with Crippen molar-refractivity contribution in [1.29, 1.82) is 0 Å². The largest absolute Gasteiger partial charge is 0.485 e. The Labute approximate surface area is 140 Å². The Hall–Kier alpha value is -1.36. The van der Waals surface area contributed by atoms with Crippen molar-refractivity contribution in [2.45, 2.75) is 17.6 Å². The molecule has 1 heterocycles. The second-order valence-corrected chi connectivity index (χ2v) is 6.45. The van der Waals surface area contributed by atoms with Gasteiger partial charge in [-0.3, -0.25) is 0 Å². The van der Waals surface area contributed by atoms with Gasteiger partial charge in [0, 0.05) is 29.1 Å². The number of hydrogen-bond donors (Lipinski definition) is 1. The molecule has 0 radical (unpaired) electrons. The van der Waals surface area contributed by atoms with E-state index in [1.165, 1.54) is 4.90 Å². The molecular formula is C17H18ClNO2S. The molecule has 22 heavy (non-hydrogen) atoms. The molecule has 1 N–H and O–H groups in total. The molecule has 1 fully saturated rings. The first kappa shape index (κ1) is 15.5. The first-order chi connectivity index (χ1) is 10.7. The Bertz CT molecular complexity index is 646. The lowest BCUT2D eigenvalue weighted by Crippen LogP contribution is -2.50. The molecule has 1 saturated heterocycles. The van der Waals surface area contributed by atoms with Gasteiger partial charge in [-0.25, -0.2) is 0 Å². The van der Waals surface area contributed by atoms with Crippen LogP contribution in [0.3, 0.4) is 0 Å². The highest BCUT2D eigenvalue weighted by atomic mass is 35.5. The lowest BCUT2D eigenvalue weighted by molar-refractivity contribution is 0.134. The van der Waals surface area contributed by atoms with Crippen LogP contribution in [0.15, 0.2) is 47.4 Å². The molecule has 2 aromatic rings. The standard InChI is InChI=1S/C17H18ClNO2S/c1-22-15-4-2-3-12(7-15)11-20-16-6-5-13(18)8-17(16)21-14-9-19-10-14/h2-8,14,19H,9-11H2,1H3. The summed E-state index contributed by atoms with van der Waals surface area (Å²) < 4.78 is 11.9. The van der Waals surface area contributed by atoms with Crippen LogP contribution in [0.4, 0.5) is 0 Å². The average molecular weight is 336 g/mol. The van der Waals surface area contributed by atoms with Crippen molar-refractivity contribution >= 4 is 23.4 Å². The van der Waals surface area contributed by atoms with Gasteiger partial charge in [0.15, 0.2) is 11.5 Å². The van der Waals surface area contributed by atoms with Crippen LogP contribution in [0.5, 0.6) is 11.5 Å². The Balaban J connectivity index is 1.70. The van der Waals surface area contributed by atoms with Crippen LogP contribution < -0.4 is 14.8 Å². The lowest BCUT2D eigenvalue weighted by Gasteiger charge is -2.28. The molecule has 0 atom stereocenters. The topological polar surface area (TPSA) is 30.5 Å². The maximum atomic E-state index is 6.06. The van der Waals surface area contributed by atoms with E-state index in [1.807, 2.05) is 24.3 Å². The molecule has 0 amide bonds. The monoisotopic (exact) mass is 335 g/mol. The third-order valence-corrected chi connectivity index (χ3v) is 4.43. The summed E-state index contributed by atoms with van der Waals surface area (Å²) in [5.74, 6) is 1.44. The normalized spacial score (nSPS) is 14.5. The molecule has 116 valence electrons. The molecule has 0 unspecified atom stereocenters. The van der Waals surface area contributed by atoms with E-state index in [1.54, 1.807) is 11.8 Å². The number of halogens is 1. The molecule has 1 aliphatic rings. The summed E-state index contributed by atoms with van der Waals surface area (Å²) in [5, 5.41) is 3.84. The second-order valence-electron chi connectivity index (χ2n) is 5.13. The molecule has 2 aromatic carbocycles. The van der Waals surface area contributed by atoms with Gasteiger partial charge >= 0.3 is 0 Å². The fourth-order valence-corrected chi connectivity index (χ4v) is 2.79. The number of benzene rings is 2. The van der Waals surface area contributed by atoms with Gasteiger partial charge in [0.2, 0.25) is 0 Å². The van der Waals surface area contributed by atoms with Gasteiger partial charge in [-0.2, -0.15) is 0 Å². The number of ether oxygens (including phenoxy) is 2. The molecule has 0 bridgehead atoms. The SMILES string of the molecule is CSc1cccc(COc2ccc(Cl)cc2OC2CNC2)c1. The van der Waals surface area contributed by atoms with Crippen LogP contribution in [-0.2, 0) is 6.61 Å². The molecule has 1 aliphatic heterocycles. The number of rotatable bonds is 6. The lowest BCUT2D eigenvalue weighted by atomic mass is 10.2. The van der Waals surface area contributed by atoms with E-state index in [0.29, 0.717) is 17.4 Å². The van der Waals surface area contributed by atoms with Gasteiger partial charge in [0.05, 0.1) is 0 Å². The van der Waals surface area contributed by atoms with Crippen molar-refractivity contribution in [2.75, 3.05) is 19.3 Å². The Morgan fingerprint density at radius 2 is 2.05 bits per heavy atom. The highest BCUT2D eigenvalue weighted by Crippen LogP contribution is 2.32. The van der Waals surface area contributed by atoms with E-state index in [0.717, 1.165) is 24.4 Å². The predicted octanol–water partition coefficient (Wildman–Crippen LogP) is 3.99. The quantitative estimate of drug-likeness (QED) is 0.808. The number of hydrogen-bond acceptors (Lipinski definition) is 4.